The quantitative estimate of drug-likeness (QED) is 0.235. The number of para-hydroxylation sites is 1. The Labute approximate surface area is 249 Å². The molecule has 218 valence electrons. The molecule has 2 aromatic heterocycles. The molecule has 0 aliphatic carbocycles. The van der Waals surface area contributed by atoms with Crippen LogP contribution in [0.5, 0.6) is 5.75 Å². The summed E-state index contributed by atoms with van der Waals surface area (Å²) in [7, 11) is 1.27. The molecule has 2 aromatic carbocycles. The summed E-state index contributed by atoms with van der Waals surface area (Å²) in [5.74, 6) is -1.22. The van der Waals surface area contributed by atoms with E-state index in [1.807, 2.05) is 24.3 Å². The van der Waals surface area contributed by atoms with Crippen molar-refractivity contribution in [2.75, 3.05) is 18.6 Å². The molecule has 0 saturated carbocycles. The number of nitrogens with zero attached hydrogens (tertiary/aromatic N) is 3. The molecule has 0 spiro atoms. The van der Waals surface area contributed by atoms with E-state index >= 15 is 0 Å². The predicted molar refractivity (Wildman–Crippen MR) is 159 cm³/mol. The number of fused-ring (bicyclic) bond motifs is 2. The number of rotatable bonds is 7. The van der Waals surface area contributed by atoms with Crippen LogP contribution < -0.4 is 24.5 Å². The number of amides is 1. The Morgan fingerprint density at radius 2 is 1.79 bits per heavy atom. The van der Waals surface area contributed by atoms with Crippen molar-refractivity contribution >= 4 is 40.4 Å². The zero-order valence-corrected chi connectivity index (χ0v) is 24.5. The molecule has 10 nitrogen and oxygen atoms in total. The number of thiazole rings is 1. The van der Waals surface area contributed by atoms with Gasteiger partial charge in [-0.05, 0) is 49.2 Å². The van der Waals surface area contributed by atoms with Crippen LogP contribution in [-0.4, -0.2) is 36.1 Å². The highest BCUT2D eigenvalue weighted by Crippen LogP contribution is 2.36. The van der Waals surface area contributed by atoms with Crippen LogP contribution in [0.1, 0.15) is 54.4 Å². The SMILES string of the molecule is CCCCN1C(=O)/C(=c2\sc3n(c2=O)[C@@H](c2ccc(OC(=O)c4ccco4)cc2)C(C(=O)OC)=C(C)N=3)c2ccccc21. The average Bonchev–Trinajstić information content (AvgIpc) is 3.72. The van der Waals surface area contributed by atoms with Gasteiger partial charge in [-0.2, -0.15) is 0 Å². The lowest BCUT2D eigenvalue weighted by Gasteiger charge is -2.24. The fourth-order valence-corrected chi connectivity index (χ4v) is 6.50. The van der Waals surface area contributed by atoms with Crippen LogP contribution in [0.15, 0.2) is 92.4 Å². The molecule has 43 heavy (non-hydrogen) atoms. The highest BCUT2D eigenvalue weighted by molar-refractivity contribution is 7.07. The number of hydrogen-bond donors (Lipinski definition) is 0. The second-order valence-corrected chi connectivity index (χ2v) is 11.0. The highest BCUT2D eigenvalue weighted by Gasteiger charge is 2.37. The van der Waals surface area contributed by atoms with E-state index in [2.05, 4.69) is 11.9 Å². The Bertz CT molecular complexity index is 1970. The van der Waals surface area contributed by atoms with Crippen LogP contribution in [0.25, 0.3) is 5.57 Å². The molecule has 6 rings (SSSR count). The third-order valence-corrected chi connectivity index (χ3v) is 8.47. The van der Waals surface area contributed by atoms with Gasteiger partial charge in [0.15, 0.2) is 4.80 Å². The number of unbranched alkanes of at least 4 members (excludes halogenated alkanes) is 1. The minimum Gasteiger partial charge on any atom is -0.466 e. The fraction of sp³-hybridized carbons (Fsp3) is 0.219. The van der Waals surface area contributed by atoms with Crippen LogP contribution in [0.4, 0.5) is 5.69 Å². The minimum atomic E-state index is -0.893. The number of anilines is 1. The van der Waals surface area contributed by atoms with Crippen molar-refractivity contribution in [3.8, 4) is 5.75 Å². The van der Waals surface area contributed by atoms with Gasteiger partial charge in [-0.1, -0.05) is 55.0 Å². The van der Waals surface area contributed by atoms with Crippen molar-refractivity contribution in [1.82, 2.24) is 4.57 Å². The summed E-state index contributed by atoms with van der Waals surface area (Å²) in [4.78, 5) is 60.1. The van der Waals surface area contributed by atoms with E-state index in [1.165, 1.54) is 24.0 Å². The zero-order chi connectivity index (χ0) is 30.2. The van der Waals surface area contributed by atoms with Crippen molar-refractivity contribution in [3.05, 3.63) is 115 Å². The topological polar surface area (TPSA) is 120 Å². The molecule has 1 amide bonds. The summed E-state index contributed by atoms with van der Waals surface area (Å²) < 4.78 is 17.3. The lowest BCUT2D eigenvalue weighted by Crippen LogP contribution is -2.40. The van der Waals surface area contributed by atoms with Gasteiger partial charge in [-0.25, -0.2) is 14.6 Å². The van der Waals surface area contributed by atoms with Crippen molar-refractivity contribution < 1.29 is 28.3 Å². The maximum atomic E-state index is 14.2. The highest BCUT2D eigenvalue weighted by atomic mass is 32.1. The van der Waals surface area contributed by atoms with E-state index in [0.29, 0.717) is 33.7 Å². The summed E-state index contributed by atoms with van der Waals surface area (Å²) >= 11 is 1.12. The molecule has 2 aliphatic heterocycles. The number of aromatic nitrogens is 1. The first-order valence-corrected chi connectivity index (χ1v) is 14.6. The Morgan fingerprint density at radius 3 is 2.49 bits per heavy atom. The largest absolute Gasteiger partial charge is 0.466 e. The molecule has 1 atom stereocenters. The van der Waals surface area contributed by atoms with E-state index in [4.69, 9.17) is 13.9 Å². The van der Waals surface area contributed by atoms with Gasteiger partial charge in [0.25, 0.3) is 11.5 Å². The predicted octanol–water partition coefficient (Wildman–Crippen LogP) is 3.74. The molecule has 0 N–H and O–H groups in total. The number of carbonyl (C=O) groups is 3. The molecule has 0 fully saturated rings. The average molecular weight is 598 g/mol. The van der Waals surface area contributed by atoms with Gasteiger partial charge in [-0.15, -0.1) is 0 Å². The Balaban J connectivity index is 1.49. The zero-order valence-electron chi connectivity index (χ0n) is 23.7. The first-order chi connectivity index (χ1) is 20.8. The standard InChI is InChI=1S/C32H27N3O7S/c1-4-5-16-34-22-10-7-6-9-21(22)25(28(34)36)27-29(37)35-26(24(31(39)40-3)18(2)33-32(35)43-27)19-12-14-20(15-13-19)42-30(38)23-11-8-17-41-23/h6-15,17,26H,4-5,16H2,1-3H3/b27-25-/t26-/m0/s1. The van der Waals surface area contributed by atoms with E-state index in [9.17, 15) is 19.2 Å². The van der Waals surface area contributed by atoms with Crippen LogP contribution in [0.2, 0.25) is 0 Å². The van der Waals surface area contributed by atoms with Crippen LogP contribution in [0, 0.1) is 0 Å². The molecular weight excluding hydrogens is 570 g/mol. The number of ether oxygens (including phenoxy) is 2. The summed E-state index contributed by atoms with van der Waals surface area (Å²) in [6.07, 6.45) is 3.11. The lowest BCUT2D eigenvalue weighted by molar-refractivity contribution is -0.136. The third-order valence-electron chi connectivity index (χ3n) is 7.42. The summed E-state index contributed by atoms with van der Waals surface area (Å²) in [6.45, 7) is 4.28. The molecule has 0 radical (unpaired) electrons. The van der Waals surface area contributed by atoms with Gasteiger partial charge in [-0.3, -0.25) is 14.2 Å². The Hall–Kier alpha value is -5.03. The fourth-order valence-electron chi connectivity index (χ4n) is 5.37. The maximum Gasteiger partial charge on any atom is 0.379 e. The van der Waals surface area contributed by atoms with Gasteiger partial charge >= 0.3 is 11.9 Å². The van der Waals surface area contributed by atoms with Gasteiger partial charge in [0.2, 0.25) is 5.76 Å². The summed E-state index contributed by atoms with van der Waals surface area (Å²) in [5.41, 5.74) is 2.50. The second-order valence-electron chi connectivity index (χ2n) is 10.0. The lowest BCUT2D eigenvalue weighted by atomic mass is 9.96. The Morgan fingerprint density at radius 1 is 1.02 bits per heavy atom. The number of methoxy groups -OCH3 is 1. The van der Waals surface area contributed by atoms with Crippen molar-refractivity contribution in [3.63, 3.8) is 0 Å². The van der Waals surface area contributed by atoms with Crippen molar-refractivity contribution in [1.29, 1.82) is 0 Å². The number of hydrogen-bond acceptors (Lipinski definition) is 9. The van der Waals surface area contributed by atoms with Gasteiger partial charge in [0, 0.05) is 12.1 Å². The number of esters is 2. The molecule has 4 aromatic rings. The maximum absolute atomic E-state index is 14.2. The Kier molecular flexibility index (Phi) is 7.41. The molecule has 4 heterocycles. The summed E-state index contributed by atoms with van der Waals surface area (Å²) in [6, 6.07) is 16.1. The van der Waals surface area contributed by atoms with Crippen molar-refractivity contribution in [2.24, 2.45) is 4.99 Å². The smallest absolute Gasteiger partial charge is 0.379 e. The van der Waals surface area contributed by atoms with E-state index in [-0.39, 0.29) is 27.5 Å². The minimum absolute atomic E-state index is 0.0558. The normalized spacial score (nSPS) is 17.0. The number of benzene rings is 2. The number of allylic oxidation sites excluding steroid dienone is 1. The van der Waals surface area contributed by atoms with Gasteiger partial charge < -0.3 is 18.8 Å². The summed E-state index contributed by atoms with van der Waals surface area (Å²) in [5, 5.41) is 0. The van der Waals surface area contributed by atoms with Crippen molar-refractivity contribution in [2.45, 2.75) is 32.7 Å². The second kappa shape index (κ2) is 11.3. The van der Waals surface area contributed by atoms with Crippen LogP contribution in [0.3, 0.4) is 0 Å². The van der Waals surface area contributed by atoms with E-state index < -0.39 is 23.5 Å². The molecule has 0 saturated heterocycles. The van der Waals surface area contributed by atoms with E-state index in [1.54, 1.807) is 42.2 Å². The first-order valence-electron chi connectivity index (χ1n) is 13.7. The van der Waals surface area contributed by atoms with E-state index in [0.717, 1.165) is 29.9 Å². The first kappa shape index (κ1) is 28.1. The van der Waals surface area contributed by atoms with Crippen LogP contribution in [-0.2, 0) is 14.3 Å². The monoisotopic (exact) mass is 597 g/mol. The molecule has 11 heteroatoms. The van der Waals surface area contributed by atoms with Gasteiger partial charge in [0.1, 0.15) is 10.3 Å². The number of furan rings is 1. The van der Waals surface area contributed by atoms with Crippen LogP contribution >= 0.6 is 11.3 Å². The number of carbonyl (C=O) groups excluding carboxylic acids is 3. The molecule has 0 unspecified atom stereocenters. The molecule has 0 bridgehead atoms. The molecule has 2 aliphatic rings. The van der Waals surface area contributed by atoms with Gasteiger partial charge in [0.05, 0.1) is 41.9 Å². The molecular formula is C32H27N3O7S. The third kappa shape index (κ3) is 4.81.